The van der Waals surface area contributed by atoms with Gasteiger partial charge in [-0.3, -0.25) is 0 Å². The Morgan fingerprint density at radius 3 is 2.56 bits per heavy atom. The predicted molar refractivity (Wildman–Crippen MR) is 52.2 cm³/mol. The summed E-state index contributed by atoms with van der Waals surface area (Å²) < 4.78 is 35.4. The van der Waals surface area contributed by atoms with Crippen molar-refractivity contribution >= 4 is 6.09 Å². The summed E-state index contributed by atoms with van der Waals surface area (Å²) in [5, 5.41) is 2.25. The number of carbonyl (C=O) groups excluding carboxylic acids is 1. The van der Waals surface area contributed by atoms with Gasteiger partial charge in [-0.15, -0.1) is 0 Å². The average molecular weight is 231 g/mol. The van der Waals surface area contributed by atoms with Gasteiger partial charge in [0.25, 0.3) is 0 Å². The first-order chi connectivity index (χ1) is 7.58. The van der Waals surface area contributed by atoms with Crippen LogP contribution in [0.4, 0.5) is 13.6 Å². The maximum Gasteiger partial charge on any atom is 0.407 e. The molecule has 0 aliphatic carbocycles. The molecule has 6 heteroatoms. The van der Waals surface area contributed by atoms with Gasteiger partial charge in [-0.2, -0.15) is 0 Å². The molecule has 1 aromatic carbocycles. The molecule has 88 valence electrons. The number of methoxy groups -OCH3 is 2. The van der Waals surface area contributed by atoms with Crippen molar-refractivity contribution in [3.05, 3.63) is 29.3 Å². The van der Waals surface area contributed by atoms with E-state index in [0.717, 1.165) is 12.1 Å². The van der Waals surface area contributed by atoms with Crippen LogP contribution in [-0.4, -0.2) is 20.3 Å². The summed E-state index contributed by atoms with van der Waals surface area (Å²) in [5.74, 6) is -1.53. The van der Waals surface area contributed by atoms with E-state index in [1.54, 1.807) is 0 Å². The molecule has 0 unspecified atom stereocenters. The first kappa shape index (κ1) is 12.2. The third kappa shape index (κ3) is 2.82. The molecule has 0 spiro atoms. The van der Waals surface area contributed by atoms with E-state index >= 15 is 0 Å². The Morgan fingerprint density at radius 1 is 1.31 bits per heavy atom. The number of amides is 1. The van der Waals surface area contributed by atoms with Crippen LogP contribution < -0.4 is 10.1 Å². The van der Waals surface area contributed by atoms with Gasteiger partial charge >= 0.3 is 6.09 Å². The Balaban J connectivity index is 2.81. The molecule has 0 aliphatic rings. The predicted octanol–water partition coefficient (Wildman–Crippen LogP) is 1.83. The van der Waals surface area contributed by atoms with Gasteiger partial charge in [0.15, 0.2) is 11.6 Å². The highest BCUT2D eigenvalue weighted by molar-refractivity contribution is 5.66. The number of hydrogen-bond donors (Lipinski definition) is 1. The van der Waals surface area contributed by atoms with Crippen molar-refractivity contribution < 1.29 is 23.0 Å². The Hall–Kier alpha value is -1.85. The third-order valence-corrected chi connectivity index (χ3v) is 1.93. The van der Waals surface area contributed by atoms with Gasteiger partial charge < -0.3 is 14.8 Å². The highest BCUT2D eigenvalue weighted by Crippen LogP contribution is 2.21. The Bertz CT molecular complexity index is 396. The Morgan fingerprint density at radius 2 is 2.00 bits per heavy atom. The van der Waals surface area contributed by atoms with Crippen molar-refractivity contribution in [1.82, 2.24) is 5.32 Å². The topological polar surface area (TPSA) is 47.6 Å². The van der Waals surface area contributed by atoms with E-state index < -0.39 is 17.7 Å². The van der Waals surface area contributed by atoms with Gasteiger partial charge in [0, 0.05) is 18.2 Å². The number of ether oxygens (including phenoxy) is 2. The molecule has 0 saturated heterocycles. The fourth-order valence-electron chi connectivity index (χ4n) is 1.10. The number of benzene rings is 1. The van der Waals surface area contributed by atoms with Gasteiger partial charge in [0.05, 0.1) is 14.2 Å². The molecule has 4 nitrogen and oxygen atoms in total. The Kier molecular flexibility index (Phi) is 4.04. The molecule has 0 radical (unpaired) electrons. The fraction of sp³-hybridized carbons (Fsp3) is 0.300. The molecule has 1 aromatic rings. The minimum Gasteiger partial charge on any atom is -0.494 e. The largest absolute Gasteiger partial charge is 0.494 e. The maximum absolute atomic E-state index is 13.3. The molecule has 16 heavy (non-hydrogen) atoms. The van der Waals surface area contributed by atoms with Crippen molar-refractivity contribution in [2.45, 2.75) is 6.54 Å². The van der Waals surface area contributed by atoms with Gasteiger partial charge in [0.1, 0.15) is 5.82 Å². The number of halogens is 2. The highest BCUT2D eigenvalue weighted by atomic mass is 19.1. The van der Waals surface area contributed by atoms with E-state index in [-0.39, 0.29) is 17.9 Å². The van der Waals surface area contributed by atoms with Crippen molar-refractivity contribution in [2.24, 2.45) is 0 Å². The zero-order chi connectivity index (χ0) is 12.1. The van der Waals surface area contributed by atoms with Crippen LogP contribution in [0.25, 0.3) is 0 Å². The number of hydrogen-bond acceptors (Lipinski definition) is 3. The molecule has 0 bridgehead atoms. The normalized spacial score (nSPS) is 9.75. The zero-order valence-corrected chi connectivity index (χ0v) is 8.84. The SMILES string of the molecule is COC(=O)NCc1cc(F)c(OC)cc1F. The lowest BCUT2D eigenvalue weighted by atomic mass is 10.2. The Labute approximate surface area is 91.2 Å². The summed E-state index contributed by atoms with van der Waals surface area (Å²) in [5.41, 5.74) is 0.0173. The maximum atomic E-state index is 13.3. The van der Waals surface area contributed by atoms with E-state index in [9.17, 15) is 13.6 Å². The van der Waals surface area contributed by atoms with Crippen LogP contribution in [0, 0.1) is 11.6 Å². The van der Waals surface area contributed by atoms with Crippen molar-refractivity contribution in [2.75, 3.05) is 14.2 Å². The second-order valence-corrected chi connectivity index (χ2v) is 2.92. The zero-order valence-electron chi connectivity index (χ0n) is 8.84. The van der Waals surface area contributed by atoms with Crippen LogP contribution in [0.1, 0.15) is 5.56 Å². The summed E-state index contributed by atoms with van der Waals surface area (Å²) in [7, 11) is 2.42. The van der Waals surface area contributed by atoms with Crippen LogP contribution in [0.5, 0.6) is 5.75 Å². The second kappa shape index (κ2) is 5.29. The smallest absolute Gasteiger partial charge is 0.407 e. The number of rotatable bonds is 3. The van der Waals surface area contributed by atoms with E-state index in [0.29, 0.717) is 0 Å². The first-order valence-electron chi connectivity index (χ1n) is 4.42. The van der Waals surface area contributed by atoms with E-state index in [2.05, 4.69) is 14.8 Å². The highest BCUT2D eigenvalue weighted by Gasteiger charge is 2.11. The van der Waals surface area contributed by atoms with Crippen molar-refractivity contribution in [1.29, 1.82) is 0 Å². The lowest BCUT2D eigenvalue weighted by Crippen LogP contribution is -2.23. The van der Waals surface area contributed by atoms with Crippen LogP contribution in [0.2, 0.25) is 0 Å². The van der Waals surface area contributed by atoms with E-state index in [1.165, 1.54) is 14.2 Å². The van der Waals surface area contributed by atoms with Crippen LogP contribution in [0.3, 0.4) is 0 Å². The second-order valence-electron chi connectivity index (χ2n) is 2.92. The summed E-state index contributed by atoms with van der Waals surface area (Å²) in [6, 6.07) is 1.88. The fourth-order valence-corrected chi connectivity index (χ4v) is 1.10. The van der Waals surface area contributed by atoms with Gasteiger partial charge in [-0.25, -0.2) is 13.6 Å². The molecular formula is C10H11F2NO3. The molecule has 0 fully saturated rings. The van der Waals surface area contributed by atoms with Crippen LogP contribution >= 0.6 is 0 Å². The van der Waals surface area contributed by atoms with Gasteiger partial charge in [-0.05, 0) is 6.07 Å². The molecule has 0 aliphatic heterocycles. The summed E-state index contributed by atoms with van der Waals surface area (Å²) >= 11 is 0. The van der Waals surface area contributed by atoms with E-state index in [1.807, 2.05) is 0 Å². The lowest BCUT2D eigenvalue weighted by Gasteiger charge is -2.07. The number of nitrogens with one attached hydrogen (secondary N) is 1. The quantitative estimate of drug-likeness (QED) is 0.863. The lowest BCUT2D eigenvalue weighted by molar-refractivity contribution is 0.170. The average Bonchev–Trinajstić information content (AvgIpc) is 2.29. The standard InChI is InChI=1S/C10H11F2NO3/c1-15-9-4-7(11)6(3-8(9)12)5-13-10(14)16-2/h3-4H,5H2,1-2H3,(H,13,14). The minimum atomic E-state index is -0.712. The number of carbonyl (C=O) groups is 1. The molecule has 1 N–H and O–H groups in total. The molecule has 1 amide bonds. The van der Waals surface area contributed by atoms with Crippen molar-refractivity contribution in [3.63, 3.8) is 0 Å². The monoisotopic (exact) mass is 231 g/mol. The minimum absolute atomic E-state index is 0.0173. The van der Waals surface area contributed by atoms with Crippen LogP contribution in [-0.2, 0) is 11.3 Å². The number of alkyl carbamates (subject to hydrolysis) is 1. The molecule has 0 atom stereocenters. The van der Waals surface area contributed by atoms with Crippen LogP contribution in [0.15, 0.2) is 12.1 Å². The van der Waals surface area contributed by atoms with Gasteiger partial charge in [-0.1, -0.05) is 0 Å². The molecule has 0 aromatic heterocycles. The summed E-state index contributed by atoms with van der Waals surface area (Å²) in [6.45, 7) is -0.153. The molecule has 1 rings (SSSR count). The summed E-state index contributed by atoms with van der Waals surface area (Å²) in [6.07, 6.45) is -0.712. The first-order valence-corrected chi connectivity index (χ1v) is 4.42. The third-order valence-electron chi connectivity index (χ3n) is 1.93. The molecular weight excluding hydrogens is 220 g/mol. The van der Waals surface area contributed by atoms with Crippen molar-refractivity contribution in [3.8, 4) is 5.75 Å². The summed E-state index contributed by atoms with van der Waals surface area (Å²) in [4.78, 5) is 10.7. The van der Waals surface area contributed by atoms with E-state index in [4.69, 9.17) is 0 Å². The van der Waals surface area contributed by atoms with Gasteiger partial charge in [0.2, 0.25) is 0 Å². The molecule has 0 heterocycles. The molecule has 0 saturated carbocycles.